The third kappa shape index (κ3) is 4.93. The van der Waals surface area contributed by atoms with E-state index < -0.39 is 6.04 Å². The lowest BCUT2D eigenvalue weighted by molar-refractivity contribution is -0.125. The molecule has 1 aromatic heterocycles. The lowest BCUT2D eigenvalue weighted by atomic mass is 9.84. The minimum Gasteiger partial charge on any atom is -0.475 e. The van der Waals surface area contributed by atoms with Gasteiger partial charge in [-0.1, -0.05) is 37.1 Å². The van der Waals surface area contributed by atoms with Crippen LogP contribution in [0.2, 0.25) is 0 Å². The molecule has 3 atom stereocenters. The van der Waals surface area contributed by atoms with E-state index in [1.807, 2.05) is 47.4 Å². The summed E-state index contributed by atoms with van der Waals surface area (Å²) in [5.41, 5.74) is 1.44. The van der Waals surface area contributed by atoms with Crippen LogP contribution in [-0.2, 0) is 16.1 Å². The zero-order chi connectivity index (χ0) is 22.3. The molecular weight excluding hydrogens is 406 g/mol. The van der Waals surface area contributed by atoms with Gasteiger partial charge in [0, 0.05) is 37.0 Å². The van der Waals surface area contributed by atoms with Crippen molar-refractivity contribution in [3.05, 3.63) is 59.8 Å². The van der Waals surface area contributed by atoms with Crippen molar-refractivity contribution in [2.24, 2.45) is 5.92 Å². The number of aromatic nitrogens is 1. The predicted octanol–water partition coefficient (Wildman–Crippen LogP) is 3.20. The van der Waals surface area contributed by atoms with Crippen molar-refractivity contribution >= 4 is 11.8 Å². The van der Waals surface area contributed by atoms with E-state index in [9.17, 15) is 9.59 Å². The number of amides is 2. The van der Waals surface area contributed by atoms with Crippen LogP contribution in [0.4, 0.5) is 0 Å². The number of carbonyl (C=O) groups is 2. The Labute approximate surface area is 189 Å². The number of likely N-dealkylation sites (tertiary alicyclic amines) is 1. The Bertz CT molecular complexity index is 920. The van der Waals surface area contributed by atoms with Crippen LogP contribution in [-0.4, -0.2) is 54.1 Å². The number of methoxy groups -OCH3 is 1. The first-order valence-electron chi connectivity index (χ1n) is 11.4. The van der Waals surface area contributed by atoms with E-state index in [0.717, 1.165) is 31.2 Å². The second kappa shape index (κ2) is 10.6. The smallest absolute Gasteiger partial charge is 0.254 e. The Balaban J connectivity index is 1.47. The van der Waals surface area contributed by atoms with E-state index in [-0.39, 0.29) is 17.9 Å². The molecule has 0 radical (unpaired) electrons. The van der Waals surface area contributed by atoms with Gasteiger partial charge in [-0.2, -0.15) is 0 Å². The molecule has 32 heavy (non-hydrogen) atoms. The van der Waals surface area contributed by atoms with Gasteiger partial charge in [-0.3, -0.25) is 9.59 Å². The van der Waals surface area contributed by atoms with Gasteiger partial charge >= 0.3 is 0 Å². The highest BCUT2D eigenvalue weighted by Gasteiger charge is 2.47. The number of nitrogens with one attached hydrogen (secondary N) is 1. The summed E-state index contributed by atoms with van der Waals surface area (Å²) in [6, 6.07) is 12.7. The van der Waals surface area contributed by atoms with Crippen LogP contribution < -0.4 is 10.1 Å². The third-order valence-electron chi connectivity index (χ3n) is 6.48. The number of hydrogen-bond acceptors (Lipinski definition) is 5. The maximum absolute atomic E-state index is 13.4. The second-order valence-corrected chi connectivity index (χ2v) is 8.47. The molecular formula is C25H31N3O4. The van der Waals surface area contributed by atoms with E-state index in [1.165, 1.54) is 6.42 Å². The van der Waals surface area contributed by atoms with Crippen LogP contribution in [0, 0.1) is 5.92 Å². The summed E-state index contributed by atoms with van der Waals surface area (Å²) in [4.78, 5) is 32.8. The van der Waals surface area contributed by atoms with Gasteiger partial charge in [0.1, 0.15) is 12.6 Å². The van der Waals surface area contributed by atoms with Crippen LogP contribution in [0.15, 0.2) is 48.7 Å². The normalized spacial score (nSPS) is 22.3. The number of pyridine rings is 1. The molecule has 3 unspecified atom stereocenters. The molecule has 7 nitrogen and oxygen atoms in total. The maximum atomic E-state index is 13.4. The molecule has 4 rings (SSSR count). The highest BCUT2D eigenvalue weighted by molar-refractivity contribution is 5.98. The highest BCUT2D eigenvalue weighted by atomic mass is 16.5. The maximum Gasteiger partial charge on any atom is 0.254 e. The zero-order valence-corrected chi connectivity index (χ0v) is 18.5. The summed E-state index contributed by atoms with van der Waals surface area (Å²) < 4.78 is 10.7. The molecule has 1 aliphatic heterocycles. The monoisotopic (exact) mass is 437 g/mol. The number of nitrogens with zero attached hydrogens (tertiary/aromatic N) is 2. The minimum atomic E-state index is -0.453. The van der Waals surface area contributed by atoms with E-state index in [2.05, 4.69) is 10.3 Å². The summed E-state index contributed by atoms with van der Waals surface area (Å²) in [6.07, 6.45) is 6.70. The van der Waals surface area contributed by atoms with Crippen molar-refractivity contribution in [2.75, 3.05) is 20.3 Å². The van der Waals surface area contributed by atoms with Crippen LogP contribution in [0.3, 0.4) is 0 Å². The fourth-order valence-electron chi connectivity index (χ4n) is 4.93. The first-order chi connectivity index (χ1) is 15.7. The Kier molecular flexibility index (Phi) is 7.37. The lowest BCUT2D eigenvalue weighted by Gasteiger charge is -2.33. The van der Waals surface area contributed by atoms with Crippen LogP contribution >= 0.6 is 0 Å². The van der Waals surface area contributed by atoms with Crippen molar-refractivity contribution < 1.29 is 19.1 Å². The van der Waals surface area contributed by atoms with Gasteiger partial charge in [-0.15, -0.1) is 0 Å². The van der Waals surface area contributed by atoms with Crippen molar-refractivity contribution in [1.82, 2.24) is 15.2 Å². The standard InChI is InChI=1S/C25H31N3O4/c1-31-14-15-32-24-20(11-7-13-26-24)17-27-23(29)22-16-19-10-5-6-12-21(19)28(22)25(30)18-8-3-2-4-9-18/h2-4,7-9,11,13,19,21-22H,5-6,10,12,14-17H2,1H3,(H,27,29). The van der Waals surface area contributed by atoms with E-state index in [4.69, 9.17) is 9.47 Å². The Morgan fingerprint density at radius 2 is 1.91 bits per heavy atom. The van der Waals surface area contributed by atoms with Crippen molar-refractivity contribution in [2.45, 2.75) is 50.7 Å². The van der Waals surface area contributed by atoms with Gasteiger partial charge in [-0.25, -0.2) is 4.98 Å². The van der Waals surface area contributed by atoms with E-state index in [0.29, 0.717) is 37.1 Å². The lowest BCUT2D eigenvalue weighted by Crippen LogP contribution is -2.49. The quantitative estimate of drug-likeness (QED) is 0.642. The third-order valence-corrected chi connectivity index (χ3v) is 6.48. The summed E-state index contributed by atoms with van der Waals surface area (Å²) >= 11 is 0. The largest absolute Gasteiger partial charge is 0.475 e. The average molecular weight is 438 g/mol. The number of hydrogen-bond donors (Lipinski definition) is 1. The Morgan fingerprint density at radius 1 is 1.09 bits per heavy atom. The summed E-state index contributed by atoms with van der Waals surface area (Å²) in [7, 11) is 1.62. The molecule has 1 aromatic carbocycles. The van der Waals surface area contributed by atoms with Gasteiger partial charge in [0.2, 0.25) is 11.8 Å². The molecule has 2 fully saturated rings. The van der Waals surface area contributed by atoms with E-state index in [1.54, 1.807) is 13.3 Å². The van der Waals surface area contributed by atoms with Gasteiger partial charge in [-0.05, 0) is 43.4 Å². The number of fused-ring (bicyclic) bond motifs is 1. The topological polar surface area (TPSA) is 80.8 Å². The van der Waals surface area contributed by atoms with E-state index >= 15 is 0 Å². The molecule has 7 heteroatoms. The molecule has 2 aliphatic rings. The average Bonchev–Trinajstić information content (AvgIpc) is 3.23. The summed E-state index contributed by atoms with van der Waals surface area (Å²) in [6.45, 7) is 1.15. The predicted molar refractivity (Wildman–Crippen MR) is 120 cm³/mol. The zero-order valence-electron chi connectivity index (χ0n) is 18.5. The number of benzene rings is 1. The molecule has 1 aliphatic carbocycles. The molecule has 2 amide bonds. The van der Waals surface area contributed by atoms with Gasteiger partial charge in [0.05, 0.1) is 6.61 Å². The van der Waals surface area contributed by atoms with Gasteiger partial charge in [0.25, 0.3) is 5.91 Å². The molecule has 1 saturated heterocycles. The van der Waals surface area contributed by atoms with Crippen LogP contribution in [0.1, 0.15) is 48.0 Å². The number of ether oxygens (including phenoxy) is 2. The van der Waals surface area contributed by atoms with Crippen LogP contribution in [0.5, 0.6) is 5.88 Å². The Morgan fingerprint density at radius 3 is 2.72 bits per heavy atom. The fraction of sp³-hybridized carbons (Fsp3) is 0.480. The second-order valence-electron chi connectivity index (χ2n) is 8.47. The fourth-order valence-corrected chi connectivity index (χ4v) is 4.93. The minimum absolute atomic E-state index is 0.0508. The summed E-state index contributed by atoms with van der Waals surface area (Å²) in [5, 5.41) is 3.03. The van der Waals surface area contributed by atoms with Gasteiger partial charge < -0.3 is 19.7 Å². The molecule has 1 saturated carbocycles. The van der Waals surface area contributed by atoms with Crippen LogP contribution in [0.25, 0.3) is 0 Å². The Hall–Kier alpha value is -2.93. The number of carbonyl (C=O) groups excluding carboxylic acids is 2. The number of rotatable bonds is 8. The molecule has 2 heterocycles. The molecule has 0 spiro atoms. The summed E-state index contributed by atoms with van der Waals surface area (Å²) in [5.74, 6) is 0.709. The first kappa shape index (κ1) is 22.3. The van der Waals surface area contributed by atoms with Gasteiger partial charge in [0.15, 0.2) is 0 Å². The molecule has 2 aromatic rings. The molecule has 1 N–H and O–H groups in total. The van der Waals surface area contributed by atoms with Crippen molar-refractivity contribution in [3.8, 4) is 5.88 Å². The first-order valence-corrected chi connectivity index (χ1v) is 11.4. The van der Waals surface area contributed by atoms with Crippen molar-refractivity contribution in [1.29, 1.82) is 0 Å². The SMILES string of the molecule is COCCOc1ncccc1CNC(=O)C1CC2CCCCC2N1C(=O)c1ccccc1. The highest BCUT2D eigenvalue weighted by Crippen LogP contribution is 2.40. The van der Waals surface area contributed by atoms with Crippen molar-refractivity contribution in [3.63, 3.8) is 0 Å². The molecule has 0 bridgehead atoms. The molecule has 170 valence electrons.